The van der Waals surface area contributed by atoms with Gasteiger partial charge in [0.15, 0.2) is 11.6 Å². The molecule has 0 aliphatic carbocycles. The van der Waals surface area contributed by atoms with Gasteiger partial charge in [-0.25, -0.2) is 8.78 Å². The first-order valence-corrected chi connectivity index (χ1v) is 8.21. The summed E-state index contributed by atoms with van der Waals surface area (Å²) in [6.45, 7) is 1.80. The van der Waals surface area contributed by atoms with Gasteiger partial charge in [-0.2, -0.15) is 0 Å². The highest BCUT2D eigenvalue weighted by Gasteiger charge is 2.18. The lowest BCUT2D eigenvalue weighted by molar-refractivity contribution is -0.131. The lowest BCUT2D eigenvalue weighted by Gasteiger charge is -2.25. The summed E-state index contributed by atoms with van der Waals surface area (Å²) in [6.07, 6.45) is 1.90. The second-order valence-corrected chi connectivity index (χ2v) is 6.27. The van der Waals surface area contributed by atoms with Crippen LogP contribution in [-0.4, -0.2) is 17.9 Å². The average molecular weight is 352 g/mol. The number of hydrogen-bond donors (Lipinski definition) is 0. The average Bonchev–Trinajstić information content (AvgIpc) is 2.57. The molecule has 0 radical (unpaired) electrons. The highest BCUT2D eigenvalue weighted by atomic mass is 35.5. The van der Waals surface area contributed by atoms with E-state index in [4.69, 9.17) is 11.6 Å². The fourth-order valence-electron chi connectivity index (χ4n) is 2.48. The number of nitrogens with zero attached hydrogens (tertiary/aromatic N) is 1. The molecule has 2 aromatic carbocycles. The Morgan fingerprint density at radius 1 is 1.12 bits per heavy atom. The summed E-state index contributed by atoms with van der Waals surface area (Å²) in [5.41, 5.74) is 1.70. The van der Waals surface area contributed by atoms with E-state index in [9.17, 15) is 13.6 Å². The van der Waals surface area contributed by atoms with Crippen LogP contribution in [0.5, 0.6) is 0 Å². The third-order valence-corrected chi connectivity index (χ3v) is 4.42. The van der Waals surface area contributed by atoms with E-state index in [1.54, 1.807) is 18.9 Å². The number of carbonyl (C=O) groups is 1. The van der Waals surface area contributed by atoms with Gasteiger partial charge in [-0.15, -0.1) is 0 Å². The Labute approximate surface area is 146 Å². The lowest BCUT2D eigenvalue weighted by atomic mass is 10.1. The van der Waals surface area contributed by atoms with Crippen molar-refractivity contribution in [2.45, 2.75) is 32.2 Å². The maximum Gasteiger partial charge on any atom is 0.222 e. The Morgan fingerprint density at radius 2 is 1.79 bits per heavy atom. The van der Waals surface area contributed by atoms with Gasteiger partial charge in [0.1, 0.15) is 0 Å². The molecule has 2 aromatic rings. The normalized spacial score (nSPS) is 12.0. The molecule has 0 bridgehead atoms. The quantitative estimate of drug-likeness (QED) is 0.703. The zero-order chi connectivity index (χ0) is 17.7. The van der Waals surface area contributed by atoms with Crippen molar-refractivity contribution in [2.75, 3.05) is 7.05 Å². The summed E-state index contributed by atoms with van der Waals surface area (Å²) < 4.78 is 26.3. The summed E-state index contributed by atoms with van der Waals surface area (Å²) in [7, 11) is 1.68. The molecule has 2 rings (SSSR count). The fourth-order valence-corrected chi connectivity index (χ4v) is 2.61. The van der Waals surface area contributed by atoms with E-state index < -0.39 is 11.6 Å². The number of halogens is 3. The first kappa shape index (κ1) is 18.4. The third kappa shape index (κ3) is 4.78. The minimum atomic E-state index is -0.900. The Bertz CT molecular complexity index is 703. The van der Waals surface area contributed by atoms with Crippen molar-refractivity contribution in [1.82, 2.24) is 4.90 Å². The maximum atomic E-state index is 13.3. The summed E-state index contributed by atoms with van der Waals surface area (Å²) in [6, 6.07) is 11.0. The van der Waals surface area contributed by atoms with Crippen LogP contribution in [0.1, 0.15) is 36.9 Å². The van der Waals surface area contributed by atoms with Crippen molar-refractivity contribution in [3.63, 3.8) is 0 Å². The second kappa shape index (κ2) is 8.25. The maximum absolute atomic E-state index is 13.3. The van der Waals surface area contributed by atoms with Gasteiger partial charge >= 0.3 is 0 Å². The molecule has 1 atom stereocenters. The fraction of sp³-hybridized carbons (Fsp3) is 0.316. The SMILES string of the molecule is CC(c1ccc(F)c(F)c1)N(C)C(=O)CCCc1ccc(Cl)cc1. The molecule has 1 amide bonds. The number of amides is 1. The lowest BCUT2D eigenvalue weighted by Crippen LogP contribution is -2.29. The van der Waals surface area contributed by atoms with Crippen LogP contribution in [0.15, 0.2) is 42.5 Å². The van der Waals surface area contributed by atoms with Crippen molar-refractivity contribution in [3.05, 3.63) is 70.2 Å². The number of carbonyl (C=O) groups excluding carboxylic acids is 1. The molecule has 0 aromatic heterocycles. The van der Waals surface area contributed by atoms with Crippen molar-refractivity contribution in [2.24, 2.45) is 0 Å². The van der Waals surface area contributed by atoms with Gasteiger partial charge in [-0.05, 0) is 55.2 Å². The van der Waals surface area contributed by atoms with Gasteiger partial charge in [0.2, 0.25) is 5.91 Å². The van der Waals surface area contributed by atoms with Crippen LogP contribution in [0, 0.1) is 11.6 Å². The molecular weight excluding hydrogens is 332 g/mol. The molecule has 0 saturated carbocycles. The van der Waals surface area contributed by atoms with Crippen LogP contribution in [-0.2, 0) is 11.2 Å². The van der Waals surface area contributed by atoms with Crippen molar-refractivity contribution >= 4 is 17.5 Å². The molecule has 0 spiro atoms. The van der Waals surface area contributed by atoms with E-state index >= 15 is 0 Å². The van der Waals surface area contributed by atoms with Gasteiger partial charge in [-0.1, -0.05) is 29.8 Å². The largest absolute Gasteiger partial charge is 0.339 e. The molecule has 0 saturated heterocycles. The van der Waals surface area contributed by atoms with Gasteiger partial charge in [0.05, 0.1) is 6.04 Å². The molecule has 0 aliphatic heterocycles. The topological polar surface area (TPSA) is 20.3 Å². The van der Waals surface area contributed by atoms with E-state index in [0.29, 0.717) is 17.0 Å². The van der Waals surface area contributed by atoms with E-state index in [0.717, 1.165) is 30.5 Å². The monoisotopic (exact) mass is 351 g/mol. The van der Waals surface area contributed by atoms with Crippen molar-refractivity contribution in [1.29, 1.82) is 0 Å². The molecule has 24 heavy (non-hydrogen) atoms. The van der Waals surface area contributed by atoms with Crippen LogP contribution < -0.4 is 0 Å². The molecule has 0 N–H and O–H groups in total. The molecule has 0 aliphatic rings. The van der Waals surface area contributed by atoms with Crippen molar-refractivity contribution in [3.8, 4) is 0 Å². The van der Waals surface area contributed by atoms with Crippen LogP contribution in [0.3, 0.4) is 0 Å². The van der Waals surface area contributed by atoms with Crippen LogP contribution in [0.2, 0.25) is 5.02 Å². The summed E-state index contributed by atoms with van der Waals surface area (Å²) in [5, 5.41) is 0.690. The van der Waals surface area contributed by atoms with Crippen LogP contribution >= 0.6 is 11.6 Å². The zero-order valence-corrected chi connectivity index (χ0v) is 14.5. The second-order valence-electron chi connectivity index (χ2n) is 5.83. The minimum absolute atomic E-state index is 0.0267. The Hall–Kier alpha value is -1.94. The van der Waals surface area contributed by atoms with Crippen LogP contribution in [0.25, 0.3) is 0 Å². The van der Waals surface area contributed by atoms with E-state index in [1.165, 1.54) is 6.07 Å². The van der Waals surface area contributed by atoms with E-state index in [1.807, 2.05) is 24.3 Å². The minimum Gasteiger partial charge on any atom is -0.339 e. The Balaban J connectivity index is 1.88. The predicted octanol–water partition coefficient (Wildman–Crippen LogP) is 5.16. The molecule has 128 valence electrons. The predicted molar refractivity (Wildman–Crippen MR) is 91.9 cm³/mol. The Kier molecular flexibility index (Phi) is 6.32. The van der Waals surface area contributed by atoms with Crippen LogP contribution in [0.4, 0.5) is 8.78 Å². The van der Waals surface area contributed by atoms with Crippen molar-refractivity contribution < 1.29 is 13.6 Å². The Morgan fingerprint density at radius 3 is 2.42 bits per heavy atom. The van der Waals surface area contributed by atoms with E-state index in [2.05, 4.69) is 0 Å². The van der Waals surface area contributed by atoms with Gasteiger partial charge < -0.3 is 4.90 Å². The highest BCUT2D eigenvalue weighted by molar-refractivity contribution is 6.30. The first-order chi connectivity index (χ1) is 11.4. The number of rotatable bonds is 6. The standard InChI is InChI=1S/C19H20ClF2NO/c1-13(15-8-11-17(21)18(22)12-15)23(2)19(24)5-3-4-14-6-9-16(20)10-7-14/h6-13H,3-5H2,1-2H3. The first-order valence-electron chi connectivity index (χ1n) is 7.83. The van der Waals surface area contributed by atoms with E-state index in [-0.39, 0.29) is 11.9 Å². The number of aryl methyl sites for hydroxylation is 1. The molecule has 0 heterocycles. The third-order valence-electron chi connectivity index (χ3n) is 4.17. The molecule has 1 unspecified atom stereocenters. The summed E-state index contributed by atoms with van der Waals surface area (Å²) in [4.78, 5) is 13.9. The molecule has 0 fully saturated rings. The van der Waals surface area contributed by atoms with Gasteiger partial charge in [-0.3, -0.25) is 4.79 Å². The molecular formula is C19H20ClF2NO. The summed E-state index contributed by atoms with van der Waals surface area (Å²) >= 11 is 5.84. The summed E-state index contributed by atoms with van der Waals surface area (Å²) in [5.74, 6) is -1.81. The number of hydrogen-bond acceptors (Lipinski definition) is 1. The highest BCUT2D eigenvalue weighted by Crippen LogP contribution is 2.22. The molecule has 2 nitrogen and oxygen atoms in total. The van der Waals surface area contributed by atoms with Gasteiger partial charge in [0.25, 0.3) is 0 Å². The van der Waals surface area contributed by atoms with Gasteiger partial charge in [0, 0.05) is 18.5 Å². The number of benzene rings is 2. The smallest absolute Gasteiger partial charge is 0.222 e. The zero-order valence-electron chi connectivity index (χ0n) is 13.7. The molecule has 5 heteroatoms.